The van der Waals surface area contributed by atoms with Gasteiger partial charge in [0.2, 0.25) is 0 Å². The average Bonchev–Trinajstić information content (AvgIpc) is 2.69. The van der Waals surface area contributed by atoms with Crippen LogP contribution in [0.15, 0.2) is 77.7 Å². The lowest BCUT2D eigenvalue weighted by Crippen LogP contribution is -2.37. The van der Waals surface area contributed by atoms with E-state index in [1.165, 1.54) is 43.5 Å². The lowest BCUT2D eigenvalue weighted by molar-refractivity contribution is 0.101. The number of nitrogens with zero attached hydrogens (tertiary/aromatic N) is 1. The van der Waals surface area contributed by atoms with Crippen molar-refractivity contribution in [3.05, 3.63) is 88.9 Å². The van der Waals surface area contributed by atoms with Crippen molar-refractivity contribution in [1.82, 2.24) is 0 Å². The highest BCUT2D eigenvalue weighted by Gasteiger charge is 2.32. The predicted molar refractivity (Wildman–Crippen MR) is 110 cm³/mol. The Morgan fingerprint density at radius 1 is 0.964 bits per heavy atom. The third kappa shape index (κ3) is 4.03. The zero-order valence-electron chi connectivity index (χ0n) is 15.3. The third-order valence-corrected chi connectivity index (χ3v) is 6.08. The number of aryl methyl sites for hydroxylation is 1. The van der Waals surface area contributed by atoms with Gasteiger partial charge in [-0.05, 0) is 61.5 Å². The minimum atomic E-state index is -4.15. The van der Waals surface area contributed by atoms with Crippen molar-refractivity contribution < 1.29 is 17.9 Å². The molecule has 0 atom stereocenters. The molecule has 3 aromatic rings. The molecule has 144 valence electrons. The van der Waals surface area contributed by atoms with Gasteiger partial charge < -0.3 is 4.74 Å². The standard InChI is InChI=1S/C21H18ClNO4S/c1-15-6-12-20(13-7-15)28(25,26)23(18-8-10-19(27-2)11-9-18)21(24)16-4-3-5-17(22)14-16/h3-14H,1-2H3. The molecule has 1 amide bonds. The number of hydrogen-bond donors (Lipinski definition) is 0. The molecule has 0 saturated carbocycles. The maximum absolute atomic E-state index is 13.3. The van der Waals surface area contributed by atoms with Crippen LogP contribution in [0, 0.1) is 6.92 Å². The number of anilines is 1. The van der Waals surface area contributed by atoms with E-state index in [1.54, 1.807) is 36.4 Å². The first kappa shape index (κ1) is 19.9. The topological polar surface area (TPSA) is 63.7 Å². The van der Waals surface area contributed by atoms with E-state index in [9.17, 15) is 13.2 Å². The maximum Gasteiger partial charge on any atom is 0.272 e. The molecule has 3 aromatic carbocycles. The highest BCUT2D eigenvalue weighted by Crippen LogP contribution is 2.28. The van der Waals surface area contributed by atoms with Crippen LogP contribution >= 0.6 is 11.6 Å². The van der Waals surface area contributed by atoms with Crippen LogP contribution in [0.1, 0.15) is 15.9 Å². The Bertz CT molecular complexity index is 1090. The molecule has 7 heteroatoms. The summed E-state index contributed by atoms with van der Waals surface area (Å²) in [6.45, 7) is 1.86. The number of halogens is 1. The molecular formula is C21H18ClNO4S. The van der Waals surface area contributed by atoms with Crippen LogP contribution in [0.3, 0.4) is 0 Å². The summed E-state index contributed by atoms with van der Waals surface area (Å²) in [6.07, 6.45) is 0. The van der Waals surface area contributed by atoms with Gasteiger partial charge in [-0.25, -0.2) is 8.42 Å². The van der Waals surface area contributed by atoms with E-state index in [0.29, 0.717) is 10.8 Å². The molecule has 0 spiro atoms. The normalized spacial score (nSPS) is 11.1. The summed E-state index contributed by atoms with van der Waals surface area (Å²) in [6, 6.07) is 18.7. The van der Waals surface area contributed by atoms with E-state index < -0.39 is 15.9 Å². The summed E-state index contributed by atoms with van der Waals surface area (Å²) < 4.78 is 32.6. The third-order valence-electron chi connectivity index (χ3n) is 4.12. The van der Waals surface area contributed by atoms with Crippen molar-refractivity contribution in [3.63, 3.8) is 0 Å². The first-order chi connectivity index (χ1) is 13.3. The summed E-state index contributed by atoms with van der Waals surface area (Å²) in [4.78, 5) is 13.2. The van der Waals surface area contributed by atoms with Crippen LogP contribution in [-0.2, 0) is 10.0 Å². The number of hydrogen-bond acceptors (Lipinski definition) is 4. The van der Waals surface area contributed by atoms with Crippen LogP contribution in [0.2, 0.25) is 5.02 Å². The van der Waals surface area contributed by atoms with Gasteiger partial charge in [-0.1, -0.05) is 35.4 Å². The van der Waals surface area contributed by atoms with Gasteiger partial charge >= 0.3 is 0 Å². The quantitative estimate of drug-likeness (QED) is 0.606. The number of amides is 1. The van der Waals surface area contributed by atoms with E-state index >= 15 is 0 Å². The zero-order valence-corrected chi connectivity index (χ0v) is 16.9. The van der Waals surface area contributed by atoms with Crippen molar-refractivity contribution in [2.75, 3.05) is 11.4 Å². The predicted octanol–water partition coefficient (Wildman–Crippen LogP) is 4.69. The Morgan fingerprint density at radius 3 is 2.18 bits per heavy atom. The summed E-state index contributed by atoms with van der Waals surface area (Å²) in [5, 5.41) is 0.341. The van der Waals surface area contributed by atoms with Crippen molar-refractivity contribution in [2.24, 2.45) is 0 Å². The van der Waals surface area contributed by atoms with Crippen LogP contribution in [0.5, 0.6) is 5.75 Å². The smallest absolute Gasteiger partial charge is 0.272 e. The van der Waals surface area contributed by atoms with Crippen LogP contribution < -0.4 is 9.04 Å². The van der Waals surface area contributed by atoms with E-state index in [4.69, 9.17) is 16.3 Å². The molecule has 0 bridgehead atoms. The van der Waals surface area contributed by atoms with Crippen molar-refractivity contribution in [3.8, 4) is 5.75 Å². The number of ether oxygens (including phenoxy) is 1. The molecule has 0 saturated heterocycles. The van der Waals surface area contributed by atoms with E-state index in [2.05, 4.69) is 0 Å². The Morgan fingerprint density at radius 2 is 1.61 bits per heavy atom. The minimum absolute atomic E-state index is 0.0179. The van der Waals surface area contributed by atoms with E-state index in [-0.39, 0.29) is 16.1 Å². The lowest BCUT2D eigenvalue weighted by atomic mass is 10.2. The number of sulfonamides is 1. The first-order valence-corrected chi connectivity index (χ1v) is 10.2. The monoisotopic (exact) mass is 415 g/mol. The van der Waals surface area contributed by atoms with Gasteiger partial charge in [-0.3, -0.25) is 4.79 Å². The van der Waals surface area contributed by atoms with Crippen LogP contribution in [-0.4, -0.2) is 21.4 Å². The lowest BCUT2D eigenvalue weighted by Gasteiger charge is -2.23. The Balaban J connectivity index is 2.15. The van der Waals surface area contributed by atoms with Crippen LogP contribution in [0.4, 0.5) is 5.69 Å². The molecule has 0 radical (unpaired) electrons. The Labute approximate surface area is 169 Å². The summed E-state index contributed by atoms with van der Waals surface area (Å²) in [7, 11) is -2.64. The van der Waals surface area contributed by atoms with Gasteiger partial charge in [0.25, 0.3) is 15.9 Å². The highest BCUT2D eigenvalue weighted by molar-refractivity contribution is 7.93. The van der Waals surface area contributed by atoms with Gasteiger partial charge in [0.15, 0.2) is 0 Å². The number of carbonyl (C=O) groups is 1. The summed E-state index contributed by atoms with van der Waals surface area (Å²) >= 11 is 5.99. The Kier molecular flexibility index (Phi) is 5.72. The minimum Gasteiger partial charge on any atom is -0.497 e. The van der Waals surface area contributed by atoms with E-state index in [0.717, 1.165) is 9.87 Å². The van der Waals surface area contributed by atoms with Gasteiger partial charge in [0, 0.05) is 10.6 Å². The second-order valence-corrected chi connectivity index (χ2v) is 8.32. The second kappa shape index (κ2) is 8.04. The largest absolute Gasteiger partial charge is 0.497 e. The van der Waals surface area contributed by atoms with Gasteiger partial charge in [-0.2, -0.15) is 4.31 Å². The number of methoxy groups -OCH3 is 1. The molecule has 0 N–H and O–H groups in total. The molecule has 0 heterocycles. The summed E-state index contributed by atoms with van der Waals surface area (Å²) in [5.41, 5.74) is 1.28. The SMILES string of the molecule is COc1ccc(N(C(=O)c2cccc(Cl)c2)S(=O)(=O)c2ccc(C)cc2)cc1. The number of rotatable bonds is 5. The van der Waals surface area contributed by atoms with Gasteiger partial charge in [-0.15, -0.1) is 0 Å². The fourth-order valence-electron chi connectivity index (χ4n) is 2.64. The first-order valence-electron chi connectivity index (χ1n) is 8.39. The second-order valence-electron chi connectivity index (χ2n) is 6.10. The zero-order chi connectivity index (χ0) is 20.3. The van der Waals surface area contributed by atoms with Crippen molar-refractivity contribution in [1.29, 1.82) is 0 Å². The average molecular weight is 416 g/mol. The van der Waals surface area contributed by atoms with Crippen LogP contribution in [0.25, 0.3) is 0 Å². The molecule has 5 nitrogen and oxygen atoms in total. The molecule has 0 aliphatic heterocycles. The highest BCUT2D eigenvalue weighted by atomic mass is 35.5. The molecule has 28 heavy (non-hydrogen) atoms. The summed E-state index contributed by atoms with van der Waals surface area (Å²) in [5.74, 6) is -0.153. The molecule has 0 aliphatic carbocycles. The Hall–Kier alpha value is -2.83. The number of carbonyl (C=O) groups excluding carboxylic acids is 1. The molecule has 0 fully saturated rings. The van der Waals surface area contributed by atoms with Gasteiger partial charge in [0.1, 0.15) is 5.75 Å². The van der Waals surface area contributed by atoms with E-state index in [1.807, 2.05) is 6.92 Å². The van der Waals surface area contributed by atoms with Gasteiger partial charge in [0.05, 0.1) is 17.7 Å². The fourth-order valence-corrected chi connectivity index (χ4v) is 4.24. The molecular weight excluding hydrogens is 398 g/mol. The van der Waals surface area contributed by atoms with Crippen molar-refractivity contribution in [2.45, 2.75) is 11.8 Å². The van der Waals surface area contributed by atoms with Crippen molar-refractivity contribution >= 4 is 33.2 Å². The molecule has 0 aromatic heterocycles. The molecule has 3 rings (SSSR count). The molecule has 0 aliphatic rings. The maximum atomic E-state index is 13.3. The number of benzene rings is 3. The molecule has 0 unspecified atom stereocenters. The fraction of sp³-hybridized carbons (Fsp3) is 0.0952.